The van der Waals surface area contributed by atoms with Gasteiger partial charge in [-0.2, -0.15) is 4.98 Å². The molecule has 2 aromatic carbocycles. The lowest BCUT2D eigenvalue weighted by molar-refractivity contribution is 0.122. The van der Waals surface area contributed by atoms with E-state index in [1.807, 2.05) is 32.0 Å². The monoisotopic (exact) mass is 546 g/mol. The van der Waals surface area contributed by atoms with Crippen molar-refractivity contribution in [2.24, 2.45) is 7.05 Å². The van der Waals surface area contributed by atoms with E-state index in [1.54, 1.807) is 23.7 Å². The van der Waals surface area contributed by atoms with E-state index in [0.29, 0.717) is 87.0 Å². The van der Waals surface area contributed by atoms with Crippen molar-refractivity contribution >= 4 is 33.6 Å². The van der Waals surface area contributed by atoms with Crippen LogP contribution in [0.3, 0.4) is 0 Å². The number of hydrogen-bond acceptors (Lipinski definition) is 9. The Morgan fingerprint density at radius 1 is 1.00 bits per heavy atom. The summed E-state index contributed by atoms with van der Waals surface area (Å²) in [7, 11) is 1.72. The van der Waals surface area contributed by atoms with Crippen molar-refractivity contribution in [2.75, 3.05) is 55.8 Å². The number of piperidine rings is 1. The van der Waals surface area contributed by atoms with E-state index in [1.165, 1.54) is 4.57 Å². The summed E-state index contributed by atoms with van der Waals surface area (Å²) < 4.78 is 14.1. The van der Waals surface area contributed by atoms with Crippen LogP contribution in [0, 0.1) is 6.92 Å². The summed E-state index contributed by atoms with van der Waals surface area (Å²) >= 11 is 0. The summed E-state index contributed by atoms with van der Waals surface area (Å²) in [6.07, 6.45) is 1.21. The van der Waals surface area contributed by atoms with Gasteiger partial charge in [-0.25, -0.2) is 9.78 Å². The number of morpholine rings is 1. The molecule has 11 nitrogen and oxygen atoms in total. The zero-order valence-electron chi connectivity index (χ0n) is 23.1. The van der Waals surface area contributed by atoms with E-state index in [-0.39, 0.29) is 23.0 Å². The molecule has 4 heterocycles. The van der Waals surface area contributed by atoms with Crippen LogP contribution in [0.15, 0.2) is 39.9 Å². The summed E-state index contributed by atoms with van der Waals surface area (Å²) in [5.74, 6) is 1.75. The van der Waals surface area contributed by atoms with Crippen molar-refractivity contribution in [1.29, 1.82) is 0 Å². The first-order chi connectivity index (χ1) is 19.4. The molecule has 0 amide bonds. The first-order valence-corrected chi connectivity index (χ1v) is 13.8. The standard InChI is InChI=1S/C29H34N6O5/c1-4-40-25-17-22-20(16-24(25)36)26(31-28(30-22)34-11-13-39-14-12-34)33-9-7-19(8-10-33)35-27(37)21-15-18(2)5-6-23(21)32(3)29(35)38/h5-6,15-17,19,36H,4,7-14H2,1-3H3. The van der Waals surface area contributed by atoms with Gasteiger partial charge < -0.3 is 24.4 Å². The summed E-state index contributed by atoms with van der Waals surface area (Å²) in [6.45, 7) is 8.02. The van der Waals surface area contributed by atoms with Gasteiger partial charge in [0.05, 0.1) is 36.2 Å². The third-order valence-corrected chi connectivity index (χ3v) is 7.92. The predicted molar refractivity (Wildman–Crippen MR) is 154 cm³/mol. The topological polar surface area (TPSA) is 115 Å². The maximum atomic E-state index is 13.5. The SMILES string of the molecule is CCOc1cc2nc(N3CCOCC3)nc(N3CCC(n4c(=O)c5cc(C)ccc5n(C)c4=O)CC3)c2cc1O. The lowest BCUT2D eigenvalue weighted by Gasteiger charge is -2.35. The lowest BCUT2D eigenvalue weighted by Crippen LogP contribution is -2.45. The number of aryl methyl sites for hydroxylation is 2. The Kier molecular flexibility index (Phi) is 6.83. The van der Waals surface area contributed by atoms with Gasteiger partial charge in [-0.05, 0) is 44.9 Å². The van der Waals surface area contributed by atoms with Gasteiger partial charge in [0.15, 0.2) is 11.5 Å². The molecule has 0 unspecified atom stereocenters. The Balaban J connectivity index is 1.36. The number of hydrogen-bond donors (Lipinski definition) is 1. The summed E-state index contributed by atoms with van der Waals surface area (Å²) in [5, 5.41) is 11.9. The van der Waals surface area contributed by atoms with Crippen molar-refractivity contribution in [1.82, 2.24) is 19.1 Å². The number of aromatic nitrogens is 4. The van der Waals surface area contributed by atoms with Crippen molar-refractivity contribution in [3.8, 4) is 11.5 Å². The number of phenols is 1. The highest BCUT2D eigenvalue weighted by atomic mass is 16.5. The first kappa shape index (κ1) is 26.1. The second kappa shape index (κ2) is 10.5. The highest BCUT2D eigenvalue weighted by Gasteiger charge is 2.28. The number of aromatic hydroxyl groups is 1. The second-order valence-electron chi connectivity index (χ2n) is 10.5. The van der Waals surface area contributed by atoms with Crippen LogP contribution >= 0.6 is 0 Å². The zero-order chi connectivity index (χ0) is 28.0. The van der Waals surface area contributed by atoms with Crippen LogP contribution in [-0.2, 0) is 11.8 Å². The third-order valence-electron chi connectivity index (χ3n) is 7.92. The number of anilines is 2. The van der Waals surface area contributed by atoms with Crippen LogP contribution in [0.2, 0.25) is 0 Å². The van der Waals surface area contributed by atoms with Crippen molar-refractivity contribution in [2.45, 2.75) is 32.7 Å². The van der Waals surface area contributed by atoms with E-state index in [9.17, 15) is 14.7 Å². The van der Waals surface area contributed by atoms with Crippen LogP contribution in [-0.4, -0.2) is 70.2 Å². The first-order valence-electron chi connectivity index (χ1n) is 13.8. The van der Waals surface area contributed by atoms with Crippen LogP contribution in [0.25, 0.3) is 21.8 Å². The normalized spacial score (nSPS) is 16.7. The average Bonchev–Trinajstić information content (AvgIpc) is 2.97. The number of rotatable bonds is 5. The van der Waals surface area contributed by atoms with Crippen molar-refractivity contribution < 1.29 is 14.6 Å². The number of nitrogens with zero attached hydrogens (tertiary/aromatic N) is 6. The molecule has 2 aliphatic rings. The van der Waals surface area contributed by atoms with Crippen molar-refractivity contribution in [3.63, 3.8) is 0 Å². The molecule has 0 radical (unpaired) electrons. The van der Waals surface area contributed by atoms with Gasteiger partial charge in [0, 0.05) is 50.7 Å². The fourth-order valence-electron chi connectivity index (χ4n) is 5.79. The highest BCUT2D eigenvalue weighted by molar-refractivity contribution is 5.93. The van der Waals surface area contributed by atoms with E-state index in [4.69, 9.17) is 19.4 Å². The Hall–Kier alpha value is -4.12. The number of fused-ring (bicyclic) bond motifs is 2. The van der Waals surface area contributed by atoms with Crippen LogP contribution in [0.4, 0.5) is 11.8 Å². The maximum Gasteiger partial charge on any atom is 0.331 e. The molecule has 0 atom stereocenters. The molecule has 6 rings (SSSR count). The molecule has 210 valence electrons. The average molecular weight is 547 g/mol. The van der Waals surface area contributed by atoms with Crippen molar-refractivity contribution in [3.05, 3.63) is 56.7 Å². The van der Waals surface area contributed by atoms with E-state index >= 15 is 0 Å². The highest BCUT2D eigenvalue weighted by Crippen LogP contribution is 2.37. The minimum absolute atomic E-state index is 0.0368. The van der Waals surface area contributed by atoms with Gasteiger partial charge in [-0.15, -0.1) is 0 Å². The second-order valence-corrected chi connectivity index (χ2v) is 10.5. The van der Waals surface area contributed by atoms with E-state index in [0.717, 1.165) is 16.8 Å². The van der Waals surface area contributed by atoms with Gasteiger partial charge in [0.1, 0.15) is 5.82 Å². The quantitative estimate of drug-likeness (QED) is 0.403. The zero-order valence-corrected chi connectivity index (χ0v) is 23.1. The molecular formula is C29H34N6O5. The molecule has 11 heteroatoms. The molecule has 0 saturated carbocycles. The molecule has 1 N–H and O–H groups in total. The molecule has 2 aliphatic heterocycles. The van der Waals surface area contributed by atoms with E-state index < -0.39 is 0 Å². The Bertz CT molecular complexity index is 1700. The maximum absolute atomic E-state index is 13.5. The molecule has 2 saturated heterocycles. The van der Waals surface area contributed by atoms with Gasteiger partial charge in [0.25, 0.3) is 5.56 Å². The predicted octanol–water partition coefficient (Wildman–Crippen LogP) is 2.73. The molecule has 0 bridgehead atoms. The van der Waals surface area contributed by atoms with Gasteiger partial charge >= 0.3 is 5.69 Å². The molecular weight excluding hydrogens is 512 g/mol. The Morgan fingerprint density at radius 2 is 1.75 bits per heavy atom. The smallest absolute Gasteiger partial charge is 0.331 e. The summed E-state index contributed by atoms with van der Waals surface area (Å²) in [4.78, 5) is 40.8. The summed E-state index contributed by atoms with van der Waals surface area (Å²) in [5.41, 5.74) is 1.77. The fraction of sp³-hybridized carbons (Fsp3) is 0.448. The van der Waals surface area contributed by atoms with Crippen LogP contribution in [0.1, 0.15) is 31.4 Å². The van der Waals surface area contributed by atoms with E-state index in [2.05, 4.69) is 9.80 Å². The fourth-order valence-corrected chi connectivity index (χ4v) is 5.79. The number of ether oxygens (including phenoxy) is 2. The molecule has 0 spiro atoms. The molecule has 40 heavy (non-hydrogen) atoms. The molecule has 4 aromatic rings. The minimum atomic E-state index is -0.296. The molecule has 2 aromatic heterocycles. The van der Waals surface area contributed by atoms with Gasteiger partial charge in [-0.3, -0.25) is 13.9 Å². The van der Waals surface area contributed by atoms with Crippen LogP contribution < -0.4 is 25.8 Å². The Labute approximate surface area is 231 Å². The van der Waals surface area contributed by atoms with Gasteiger partial charge in [-0.1, -0.05) is 11.6 Å². The molecule has 0 aliphatic carbocycles. The third kappa shape index (κ3) is 4.53. The lowest BCUT2D eigenvalue weighted by atomic mass is 10.0. The van der Waals surface area contributed by atoms with Gasteiger partial charge in [0.2, 0.25) is 5.95 Å². The molecule has 2 fully saturated rings. The summed E-state index contributed by atoms with van der Waals surface area (Å²) in [6, 6.07) is 8.80. The van der Waals surface area contributed by atoms with Crippen LogP contribution in [0.5, 0.6) is 11.5 Å². The number of benzene rings is 2. The Morgan fingerprint density at radius 3 is 2.48 bits per heavy atom. The number of phenolic OH excluding ortho intramolecular Hbond substituents is 1. The largest absolute Gasteiger partial charge is 0.504 e. The minimum Gasteiger partial charge on any atom is -0.504 e.